The number of imidazole rings is 1. The molecule has 0 aliphatic heterocycles. The molecule has 0 saturated carbocycles. The topological polar surface area (TPSA) is 46.9 Å². The number of hydrogen-bond acceptors (Lipinski definition) is 4. The molecule has 0 bridgehead atoms. The molecule has 0 unspecified atom stereocenters. The van der Waals surface area contributed by atoms with Crippen molar-refractivity contribution in [3.63, 3.8) is 0 Å². The Kier molecular flexibility index (Phi) is 5.49. The number of carbonyl (C=O) groups excluding carboxylic acids is 1. The van der Waals surface area contributed by atoms with Crippen molar-refractivity contribution >= 4 is 39.1 Å². The Hall–Kier alpha value is -1.79. The Morgan fingerprint density at radius 1 is 1.32 bits per heavy atom. The van der Waals surface area contributed by atoms with Crippen LogP contribution < -0.4 is 5.32 Å². The first-order valence-corrected chi connectivity index (χ1v) is 10.2. The number of carbonyl (C=O) groups is 1. The van der Waals surface area contributed by atoms with Crippen LogP contribution in [0, 0.1) is 0 Å². The molecule has 25 heavy (non-hydrogen) atoms. The van der Waals surface area contributed by atoms with Gasteiger partial charge in [0.15, 0.2) is 5.16 Å². The molecule has 0 fully saturated rings. The first-order chi connectivity index (χ1) is 11.9. The van der Waals surface area contributed by atoms with E-state index in [4.69, 9.17) is 0 Å². The van der Waals surface area contributed by atoms with Gasteiger partial charge in [-0.15, -0.1) is 11.3 Å². The zero-order valence-electron chi connectivity index (χ0n) is 14.8. The van der Waals surface area contributed by atoms with Crippen molar-refractivity contribution in [1.82, 2.24) is 14.9 Å². The predicted octanol–water partition coefficient (Wildman–Crippen LogP) is 4.30. The fraction of sp³-hybridized carbons (Fsp3) is 0.368. The number of fused-ring (bicyclic) bond motifs is 1. The average Bonchev–Trinajstić information content (AvgIpc) is 3.20. The van der Waals surface area contributed by atoms with Crippen LogP contribution in [0.1, 0.15) is 26.3 Å². The molecule has 132 valence electrons. The normalized spacial score (nSPS) is 11.8. The summed E-state index contributed by atoms with van der Waals surface area (Å²) < 4.78 is 3.40. The van der Waals surface area contributed by atoms with Crippen molar-refractivity contribution in [2.24, 2.45) is 0 Å². The molecule has 3 aromatic rings. The SMILES string of the molecule is CC(C)(C)n1ccnc1SCC(=O)NCCc1csc2ccccc12. The predicted molar refractivity (Wildman–Crippen MR) is 106 cm³/mol. The lowest BCUT2D eigenvalue weighted by atomic mass is 10.1. The number of rotatable bonds is 6. The Morgan fingerprint density at radius 3 is 2.92 bits per heavy atom. The molecule has 2 heterocycles. The van der Waals surface area contributed by atoms with Crippen LogP contribution in [0.3, 0.4) is 0 Å². The van der Waals surface area contributed by atoms with Gasteiger partial charge in [-0.2, -0.15) is 0 Å². The zero-order chi connectivity index (χ0) is 17.9. The van der Waals surface area contributed by atoms with Gasteiger partial charge in [0.2, 0.25) is 5.91 Å². The summed E-state index contributed by atoms with van der Waals surface area (Å²) in [5, 5.41) is 7.38. The van der Waals surface area contributed by atoms with Crippen LogP contribution in [-0.4, -0.2) is 27.8 Å². The van der Waals surface area contributed by atoms with Gasteiger partial charge in [0.1, 0.15) is 0 Å². The molecule has 0 saturated heterocycles. The molecule has 4 nitrogen and oxygen atoms in total. The molecule has 1 N–H and O–H groups in total. The van der Waals surface area contributed by atoms with Crippen molar-refractivity contribution in [2.45, 2.75) is 37.9 Å². The van der Waals surface area contributed by atoms with Crippen molar-refractivity contribution in [1.29, 1.82) is 0 Å². The molecule has 3 rings (SSSR count). The third-order valence-electron chi connectivity index (χ3n) is 3.94. The van der Waals surface area contributed by atoms with Gasteiger partial charge in [-0.05, 0) is 49.6 Å². The molecule has 0 spiro atoms. The van der Waals surface area contributed by atoms with Crippen molar-refractivity contribution in [2.75, 3.05) is 12.3 Å². The summed E-state index contributed by atoms with van der Waals surface area (Å²) in [5.41, 5.74) is 1.27. The van der Waals surface area contributed by atoms with E-state index in [0.29, 0.717) is 12.3 Å². The first-order valence-electron chi connectivity index (χ1n) is 8.33. The minimum absolute atomic E-state index is 0.0324. The van der Waals surface area contributed by atoms with E-state index in [-0.39, 0.29) is 11.4 Å². The highest BCUT2D eigenvalue weighted by Gasteiger charge is 2.17. The van der Waals surface area contributed by atoms with Gasteiger partial charge >= 0.3 is 0 Å². The second-order valence-electron chi connectivity index (χ2n) is 6.90. The fourth-order valence-electron chi connectivity index (χ4n) is 2.65. The maximum Gasteiger partial charge on any atom is 0.230 e. The van der Waals surface area contributed by atoms with Crippen LogP contribution in [0.4, 0.5) is 0 Å². The minimum Gasteiger partial charge on any atom is -0.355 e. The highest BCUT2D eigenvalue weighted by Crippen LogP contribution is 2.26. The highest BCUT2D eigenvalue weighted by atomic mass is 32.2. The van der Waals surface area contributed by atoms with Gasteiger partial charge in [0.05, 0.1) is 5.75 Å². The van der Waals surface area contributed by atoms with Crippen LogP contribution >= 0.6 is 23.1 Å². The Bertz CT molecular complexity index is 861. The van der Waals surface area contributed by atoms with Gasteiger partial charge in [-0.25, -0.2) is 4.98 Å². The number of amides is 1. The van der Waals surface area contributed by atoms with E-state index in [1.165, 1.54) is 27.4 Å². The van der Waals surface area contributed by atoms with E-state index in [1.54, 1.807) is 17.5 Å². The number of nitrogens with zero attached hydrogens (tertiary/aromatic N) is 2. The molecule has 0 aliphatic rings. The van der Waals surface area contributed by atoms with Crippen LogP contribution in [-0.2, 0) is 16.8 Å². The second kappa shape index (κ2) is 7.62. The minimum atomic E-state index is -0.0324. The number of benzene rings is 1. The molecular weight excluding hydrogens is 350 g/mol. The molecule has 0 atom stereocenters. The largest absolute Gasteiger partial charge is 0.355 e. The van der Waals surface area contributed by atoms with Gasteiger partial charge in [-0.3, -0.25) is 4.79 Å². The molecular formula is C19H23N3OS2. The first kappa shape index (κ1) is 18.0. The number of aromatic nitrogens is 2. The summed E-state index contributed by atoms with van der Waals surface area (Å²) in [4.78, 5) is 16.5. The van der Waals surface area contributed by atoms with Gasteiger partial charge < -0.3 is 9.88 Å². The average molecular weight is 374 g/mol. The lowest BCUT2D eigenvalue weighted by Crippen LogP contribution is -2.28. The van der Waals surface area contributed by atoms with Crippen LogP contribution in [0.2, 0.25) is 0 Å². The van der Waals surface area contributed by atoms with E-state index < -0.39 is 0 Å². The van der Waals surface area contributed by atoms with Crippen LogP contribution in [0.15, 0.2) is 47.2 Å². The van der Waals surface area contributed by atoms with Crippen molar-refractivity contribution < 1.29 is 4.79 Å². The molecule has 6 heteroatoms. The molecule has 1 aromatic carbocycles. The molecule has 0 radical (unpaired) electrons. The summed E-state index contributed by atoms with van der Waals surface area (Å²) in [6.45, 7) is 7.05. The van der Waals surface area contributed by atoms with Crippen molar-refractivity contribution in [3.05, 3.63) is 47.6 Å². The molecule has 1 amide bonds. The van der Waals surface area contributed by atoms with E-state index in [2.05, 4.69) is 65.3 Å². The number of hydrogen-bond donors (Lipinski definition) is 1. The molecule has 0 aliphatic carbocycles. The third kappa shape index (κ3) is 4.44. The van der Waals surface area contributed by atoms with Crippen molar-refractivity contribution in [3.8, 4) is 0 Å². The number of thiophene rings is 1. The van der Waals surface area contributed by atoms with E-state index in [1.807, 2.05) is 6.20 Å². The summed E-state index contributed by atoms with van der Waals surface area (Å²) in [6, 6.07) is 8.40. The van der Waals surface area contributed by atoms with E-state index >= 15 is 0 Å². The van der Waals surface area contributed by atoms with E-state index in [9.17, 15) is 4.79 Å². The summed E-state index contributed by atoms with van der Waals surface area (Å²) in [5.74, 6) is 0.435. The summed E-state index contributed by atoms with van der Waals surface area (Å²) in [7, 11) is 0. The van der Waals surface area contributed by atoms with Gasteiger partial charge in [0, 0.05) is 29.2 Å². The van der Waals surface area contributed by atoms with Crippen LogP contribution in [0.25, 0.3) is 10.1 Å². The summed E-state index contributed by atoms with van der Waals surface area (Å²) in [6.07, 6.45) is 4.60. The monoisotopic (exact) mass is 373 g/mol. The fourth-order valence-corrected chi connectivity index (χ4v) is 4.62. The van der Waals surface area contributed by atoms with E-state index in [0.717, 1.165) is 11.6 Å². The molecule has 2 aromatic heterocycles. The number of thioether (sulfide) groups is 1. The Balaban J connectivity index is 1.48. The third-order valence-corrected chi connectivity index (χ3v) is 5.92. The smallest absolute Gasteiger partial charge is 0.230 e. The maximum atomic E-state index is 12.1. The lowest BCUT2D eigenvalue weighted by molar-refractivity contribution is -0.118. The van der Waals surface area contributed by atoms with Gasteiger partial charge in [-0.1, -0.05) is 30.0 Å². The number of nitrogens with one attached hydrogen (secondary N) is 1. The second-order valence-corrected chi connectivity index (χ2v) is 8.75. The van der Waals surface area contributed by atoms with Gasteiger partial charge in [0.25, 0.3) is 0 Å². The highest BCUT2D eigenvalue weighted by molar-refractivity contribution is 7.99. The standard InChI is InChI=1S/C19H23N3OS2/c1-19(2,3)22-11-10-21-18(22)25-13-17(23)20-9-8-14-12-24-16-7-5-4-6-15(14)16/h4-7,10-12H,8-9,13H2,1-3H3,(H,20,23). The van der Waals surface area contributed by atoms with Crippen LogP contribution in [0.5, 0.6) is 0 Å². The lowest BCUT2D eigenvalue weighted by Gasteiger charge is -2.22. The Morgan fingerprint density at radius 2 is 2.12 bits per heavy atom. The Labute approximate surface area is 156 Å². The quantitative estimate of drug-likeness (QED) is 0.655. The maximum absolute atomic E-state index is 12.1. The summed E-state index contributed by atoms with van der Waals surface area (Å²) >= 11 is 3.24. The zero-order valence-corrected chi connectivity index (χ0v) is 16.4.